The number of rotatable bonds is 3. The molecule has 1 aliphatic rings. The minimum absolute atomic E-state index is 0.157. The van der Waals surface area contributed by atoms with Crippen molar-refractivity contribution in [2.45, 2.75) is 13.0 Å². The molecule has 0 unspecified atom stereocenters. The maximum atomic E-state index is 11.4. The van der Waals surface area contributed by atoms with Gasteiger partial charge in [0.1, 0.15) is 17.8 Å². The SMILES string of the molecule is O=c1ccc2ccc(CNc3ncnc4c3CCO4)nc2[nH]1. The Balaban J connectivity index is 1.59. The van der Waals surface area contributed by atoms with E-state index in [2.05, 4.69) is 25.3 Å². The first-order valence-electron chi connectivity index (χ1n) is 6.99. The predicted molar refractivity (Wildman–Crippen MR) is 80.9 cm³/mol. The summed E-state index contributed by atoms with van der Waals surface area (Å²) in [6.45, 7) is 1.15. The molecule has 0 bridgehead atoms. The van der Waals surface area contributed by atoms with Crippen molar-refractivity contribution in [3.05, 3.63) is 52.2 Å². The average Bonchev–Trinajstić information content (AvgIpc) is 3.01. The maximum absolute atomic E-state index is 11.4. The third-order valence-corrected chi connectivity index (χ3v) is 3.57. The summed E-state index contributed by atoms with van der Waals surface area (Å²) in [4.78, 5) is 26.9. The van der Waals surface area contributed by atoms with Gasteiger partial charge in [-0.25, -0.2) is 15.0 Å². The van der Waals surface area contributed by atoms with Crippen molar-refractivity contribution in [2.75, 3.05) is 11.9 Å². The van der Waals surface area contributed by atoms with Crippen LogP contribution in [0.1, 0.15) is 11.3 Å². The van der Waals surface area contributed by atoms with E-state index in [9.17, 15) is 4.79 Å². The van der Waals surface area contributed by atoms with Crippen LogP contribution in [-0.4, -0.2) is 26.5 Å². The largest absolute Gasteiger partial charge is 0.477 e. The predicted octanol–water partition coefficient (Wildman–Crippen LogP) is 1.26. The van der Waals surface area contributed by atoms with Crippen molar-refractivity contribution in [3.8, 4) is 5.88 Å². The number of hydrogen-bond acceptors (Lipinski definition) is 6. The quantitative estimate of drug-likeness (QED) is 0.755. The van der Waals surface area contributed by atoms with Crippen molar-refractivity contribution in [1.82, 2.24) is 19.9 Å². The minimum atomic E-state index is -0.157. The van der Waals surface area contributed by atoms with Crippen LogP contribution in [0.3, 0.4) is 0 Å². The van der Waals surface area contributed by atoms with Crippen LogP contribution >= 0.6 is 0 Å². The lowest BCUT2D eigenvalue weighted by atomic mass is 10.2. The Kier molecular flexibility index (Phi) is 2.96. The molecule has 110 valence electrons. The Morgan fingerprint density at radius 2 is 2.14 bits per heavy atom. The van der Waals surface area contributed by atoms with Gasteiger partial charge in [-0.3, -0.25) is 4.79 Å². The van der Waals surface area contributed by atoms with Gasteiger partial charge < -0.3 is 15.0 Å². The van der Waals surface area contributed by atoms with E-state index in [1.54, 1.807) is 6.07 Å². The standard InChI is InChI=1S/C15H13N5O2/c21-12-4-2-9-1-3-10(19-13(9)20-12)7-16-14-11-5-6-22-15(11)18-8-17-14/h1-4,8H,5-7H2,(H,16,17,18)(H,19,20,21). The summed E-state index contributed by atoms with van der Waals surface area (Å²) in [6, 6.07) is 7.10. The zero-order valence-electron chi connectivity index (χ0n) is 11.7. The maximum Gasteiger partial charge on any atom is 0.249 e. The van der Waals surface area contributed by atoms with Crippen molar-refractivity contribution < 1.29 is 4.74 Å². The van der Waals surface area contributed by atoms with E-state index in [4.69, 9.17) is 4.74 Å². The van der Waals surface area contributed by atoms with Crippen LogP contribution in [0.5, 0.6) is 5.88 Å². The van der Waals surface area contributed by atoms with Crippen LogP contribution in [0.4, 0.5) is 5.82 Å². The Morgan fingerprint density at radius 3 is 3.09 bits per heavy atom. The Hall–Kier alpha value is -2.96. The fourth-order valence-electron chi connectivity index (χ4n) is 2.49. The molecule has 22 heavy (non-hydrogen) atoms. The number of H-pyrrole nitrogens is 1. The molecule has 0 aliphatic carbocycles. The third-order valence-electron chi connectivity index (χ3n) is 3.57. The number of aromatic nitrogens is 4. The average molecular weight is 295 g/mol. The van der Waals surface area contributed by atoms with Crippen molar-refractivity contribution in [2.24, 2.45) is 0 Å². The second kappa shape index (κ2) is 5.10. The number of fused-ring (bicyclic) bond motifs is 2. The van der Waals surface area contributed by atoms with Gasteiger partial charge in [-0.2, -0.15) is 0 Å². The number of nitrogens with one attached hydrogen (secondary N) is 2. The van der Waals surface area contributed by atoms with E-state index >= 15 is 0 Å². The molecule has 0 atom stereocenters. The van der Waals surface area contributed by atoms with E-state index in [-0.39, 0.29) is 5.56 Å². The lowest BCUT2D eigenvalue weighted by Gasteiger charge is -2.08. The highest BCUT2D eigenvalue weighted by atomic mass is 16.5. The zero-order chi connectivity index (χ0) is 14.9. The molecule has 3 aromatic rings. The van der Waals surface area contributed by atoms with Crippen LogP contribution in [0.25, 0.3) is 11.0 Å². The first-order valence-corrected chi connectivity index (χ1v) is 6.99. The normalized spacial score (nSPS) is 12.9. The van der Waals surface area contributed by atoms with Gasteiger partial charge in [-0.1, -0.05) is 0 Å². The van der Waals surface area contributed by atoms with Crippen molar-refractivity contribution in [3.63, 3.8) is 0 Å². The number of ether oxygens (including phenoxy) is 1. The molecule has 2 N–H and O–H groups in total. The van der Waals surface area contributed by atoms with Gasteiger partial charge in [0.25, 0.3) is 0 Å². The summed E-state index contributed by atoms with van der Waals surface area (Å²) in [5.74, 6) is 1.42. The molecule has 4 heterocycles. The Bertz CT molecular complexity index is 906. The monoisotopic (exact) mass is 295 g/mol. The first-order chi connectivity index (χ1) is 10.8. The Labute approximate surface area is 125 Å². The summed E-state index contributed by atoms with van der Waals surface area (Å²) in [6.07, 6.45) is 2.29. The van der Waals surface area contributed by atoms with Crippen LogP contribution in [0.15, 0.2) is 35.4 Å². The van der Waals surface area contributed by atoms with Crippen molar-refractivity contribution >= 4 is 16.9 Å². The zero-order valence-corrected chi connectivity index (χ0v) is 11.7. The number of hydrogen-bond donors (Lipinski definition) is 2. The molecule has 0 fully saturated rings. The highest BCUT2D eigenvalue weighted by Crippen LogP contribution is 2.27. The molecule has 0 amide bonds. The molecule has 7 nitrogen and oxygen atoms in total. The summed E-state index contributed by atoms with van der Waals surface area (Å²) in [7, 11) is 0. The summed E-state index contributed by atoms with van der Waals surface area (Å²) in [5, 5.41) is 4.16. The smallest absolute Gasteiger partial charge is 0.249 e. The van der Waals surface area contributed by atoms with Crippen LogP contribution in [-0.2, 0) is 13.0 Å². The van der Waals surface area contributed by atoms with Gasteiger partial charge in [0.15, 0.2) is 0 Å². The highest BCUT2D eigenvalue weighted by molar-refractivity contribution is 5.74. The topological polar surface area (TPSA) is 92.8 Å². The van der Waals surface area contributed by atoms with Gasteiger partial charge in [0.05, 0.1) is 24.4 Å². The second-order valence-electron chi connectivity index (χ2n) is 5.02. The van der Waals surface area contributed by atoms with E-state index in [1.807, 2.05) is 12.1 Å². The number of pyridine rings is 2. The molecule has 0 saturated heterocycles. The molecule has 1 aliphatic heterocycles. The van der Waals surface area contributed by atoms with E-state index in [0.29, 0.717) is 24.7 Å². The second-order valence-corrected chi connectivity index (χ2v) is 5.02. The minimum Gasteiger partial charge on any atom is -0.477 e. The fourth-order valence-corrected chi connectivity index (χ4v) is 2.49. The Morgan fingerprint density at radius 1 is 1.23 bits per heavy atom. The van der Waals surface area contributed by atoms with E-state index in [0.717, 1.165) is 28.9 Å². The molecular weight excluding hydrogens is 282 g/mol. The van der Waals surface area contributed by atoms with Crippen LogP contribution in [0, 0.1) is 0 Å². The number of anilines is 1. The van der Waals surface area contributed by atoms with E-state index < -0.39 is 0 Å². The molecule has 4 rings (SSSR count). The molecule has 0 radical (unpaired) electrons. The lowest BCUT2D eigenvalue weighted by Crippen LogP contribution is -2.08. The molecule has 0 saturated carbocycles. The summed E-state index contributed by atoms with van der Waals surface area (Å²) >= 11 is 0. The van der Waals surface area contributed by atoms with Crippen LogP contribution in [0.2, 0.25) is 0 Å². The lowest BCUT2D eigenvalue weighted by molar-refractivity contribution is 0.344. The molecular formula is C15H13N5O2. The molecule has 7 heteroatoms. The number of nitrogens with zero attached hydrogens (tertiary/aromatic N) is 3. The van der Waals surface area contributed by atoms with Gasteiger partial charge in [0, 0.05) is 17.9 Å². The summed E-state index contributed by atoms with van der Waals surface area (Å²) < 4.78 is 5.42. The van der Waals surface area contributed by atoms with Crippen LogP contribution < -0.4 is 15.6 Å². The molecule has 0 spiro atoms. The van der Waals surface area contributed by atoms with Crippen molar-refractivity contribution in [1.29, 1.82) is 0 Å². The van der Waals surface area contributed by atoms with Gasteiger partial charge >= 0.3 is 0 Å². The van der Waals surface area contributed by atoms with E-state index in [1.165, 1.54) is 12.4 Å². The fraction of sp³-hybridized carbons (Fsp3) is 0.200. The molecule has 3 aromatic heterocycles. The summed E-state index contributed by atoms with van der Waals surface area (Å²) in [5.41, 5.74) is 2.25. The molecule has 0 aromatic carbocycles. The highest BCUT2D eigenvalue weighted by Gasteiger charge is 2.18. The first kappa shape index (κ1) is 12.8. The van der Waals surface area contributed by atoms with Gasteiger partial charge in [0.2, 0.25) is 11.4 Å². The number of aromatic amines is 1. The van der Waals surface area contributed by atoms with Gasteiger partial charge in [-0.05, 0) is 18.2 Å². The van der Waals surface area contributed by atoms with Gasteiger partial charge in [-0.15, -0.1) is 0 Å². The third kappa shape index (κ3) is 2.26.